The third-order valence-electron chi connectivity index (χ3n) is 5.50. The van der Waals surface area contributed by atoms with E-state index in [4.69, 9.17) is 8.83 Å². The van der Waals surface area contributed by atoms with Gasteiger partial charge in [-0.1, -0.05) is 24.3 Å². The molecule has 0 aliphatic carbocycles. The lowest BCUT2D eigenvalue weighted by molar-refractivity contribution is 0.0810. The minimum Gasteiger partial charge on any atom is -0.401 e. The molecule has 0 spiro atoms. The SMILES string of the molecule is O=C(C(=O)c1ccc(-c2nc3ccccc3c(=O)o2)nn1)c1cnc(-c2nc3ccccc3c(=O)o2)cn1. The van der Waals surface area contributed by atoms with Gasteiger partial charge in [-0.25, -0.2) is 29.5 Å². The Bertz CT molecular complexity index is 1850. The van der Waals surface area contributed by atoms with Crippen LogP contribution in [0.3, 0.4) is 0 Å². The van der Waals surface area contributed by atoms with E-state index >= 15 is 0 Å². The van der Waals surface area contributed by atoms with Gasteiger partial charge in [-0.3, -0.25) is 9.59 Å². The molecule has 0 amide bonds. The predicted octanol–water partition coefficient (Wildman–Crippen LogP) is 2.67. The average molecular weight is 504 g/mol. The Morgan fingerprint density at radius 2 is 1.16 bits per heavy atom. The molecule has 6 rings (SSSR count). The van der Waals surface area contributed by atoms with Crippen LogP contribution in [-0.2, 0) is 0 Å². The first kappa shape index (κ1) is 22.7. The molecule has 38 heavy (non-hydrogen) atoms. The maximum absolute atomic E-state index is 12.7. The summed E-state index contributed by atoms with van der Waals surface area (Å²) in [5.74, 6) is -2.12. The van der Waals surface area contributed by atoms with Crippen molar-refractivity contribution in [3.63, 3.8) is 0 Å². The van der Waals surface area contributed by atoms with Crippen molar-refractivity contribution in [3.05, 3.63) is 105 Å². The summed E-state index contributed by atoms with van der Waals surface area (Å²) in [5.41, 5.74) is -0.668. The number of Topliss-reactive ketones (excluding diaryl/α,β-unsaturated/α-hetero) is 2. The molecule has 4 aromatic heterocycles. The third kappa shape index (κ3) is 4.01. The van der Waals surface area contributed by atoms with Gasteiger partial charge in [0.15, 0.2) is 0 Å². The lowest BCUT2D eigenvalue weighted by Crippen LogP contribution is -2.18. The van der Waals surface area contributed by atoms with E-state index in [9.17, 15) is 19.2 Å². The van der Waals surface area contributed by atoms with E-state index in [1.807, 2.05) is 0 Å². The first-order valence-electron chi connectivity index (χ1n) is 11.0. The summed E-state index contributed by atoms with van der Waals surface area (Å²) < 4.78 is 10.4. The number of aromatic nitrogens is 6. The molecule has 0 aliphatic heterocycles. The predicted molar refractivity (Wildman–Crippen MR) is 131 cm³/mol. The highest BCUT2D eigenvalue weighted by Crippen LogP contribution is 2.18. The van der Waals surface area contributed by atoms with Crippen LogP contribution >= 0.6 is 0 Å². The van der Waals surface area contributed by atoms with Crippen molar-refractivity contribution in [2.45, 2.75) is 0 Å². The highest BCUT2D eigenvalue weighted by Gasteiger charge is 2.23. The molecule has 2 aromatic carbocycles. The van der Waals surface area contributed by atoms with Gasteiger partial charge >= 0.3 is 11.3 Å². The Hall–Kier alpha value is -5.78. The summed E-state index contributed by atoms with van der Waals surface area (Å²) in [6.07, 6.45) is 2.24. The van der Waals surface area contributed by atoms with Gasteiger partial charge in [0, 0.05) is 0 Å². The molecule has 182 valence electrons. The number of para-hydroxylation sites is 2. The van der Waals surface area contributed by atoms with E-state index in [0.29, 0.717) is 21.8 Å². The first-order chi connectivity index (χ1) is 18.5. The van der Waals surface area contributed by atoms with Crippen LogP contribution in [0.2, 0.25) is 0 Å². The van der Waals surface area contributed by atoms with E-state index in [-0.39, 0.29) is 34.6 Å². The highest BCUT2D eigenvalue weighted by atomic mass is 16.4. The van der Waals surface area contributed by atoms with E-state index in [0.717, 1.165) is 6.20 Å². The molecule has 6 aromatic rings. The molecule has 0 unspecified atom stereocenters. The van der Waals surface area contributed by atoms with Crippen molar-refractivity contribution >= 4 is 33.4 Å². The summed E-state index contributed by atoms with van der Waals surface area (Å²) in [7, 11) is 0. The number of nitrogens with zero attached hydrogens (tertiary/aromatic N) is 6. The Morgan fingerprint density at radius 3 is 1.71 bits per heavy atom. The van der Waals surface area contributed by atoms with Crippen molar-refractivity contribution in [2.24, 2.45) is 0 Å². The fraction of sp³-hybridized carbons (Fsp3) is 0. The van der Waals surface area contributed by atoms with Crippen LogP contribution in [0.5, 0.6) is 0 Å². The molecule has 0 N–H and O–H groups in total. The molecule has 0 saturated carbocycles. The van der Waals surface area contributed by atoms with Gasteiger partial charge in [-0.15, -0.1) is 10.2 Å². The lowest BCUT2D eigenvalue weighted by Gasteiger charge is -2.03. The minimum absolute atomic E-state index is 0.0815. The van der Waals surface area contributed by atoms with Gasteiger partial charge < -0.3 is 8.83 Å². The van der Waals surface area contributed by atoms with Crippen LogP contribution in [0.25, 0.3) is 45.0 Å². The Kier molecular flexibility index (Phi) is 5.38. The van der Waals surface area contributed by atoms with Gasteiger partial charge in [0.25, 0.3) is 23.3 Å². The Labute approximate surface area is 210 Å². The fourth-order valence-corrected chi connectivity index (χ4v) is 3.61. The van der Waals surface area contributed by atoms with Gasteiger partial charge in [0.05, 0.1) is 34.2 Å². The first-order valence-corrected chi connectivity index (χ1v) is 11.0. The standard InChI is InChI=1S/C26H12N6O6/c33-21(17-9-10-18(32-31-17)23-29-15-7-3-1-5-13(15)25(35)37-23)22(34)19-11-28-20(12-27-19)24-30-16-8-4-2-6-14(16)26(36)38-24/h1-12H. The Balaban J connectivity index is 1.23. The second-order valence-corrected chi connectivity index (χ2v) is 7.90. The summed E-state index contributed by atoms with van der Waals surface area (Å²) in [6, 6.07) is 15.9. The lowest BCUT2D eigenvalue weighted by atomic mass is 10.1. The van der Waals surface area contributed by atoms with Crippen molar-refractivity contribution < 1.29 is 18.4 Å². The van der Waals surface area contributed by atoms with Gasteiger partial charge in [-0.05, 0) is 36.4 Å². The summed E-state index contributed by atoms with van der Waals surface area (Å²) in [5, 5.41) is 8.29. The number of hydrogen-bond donors (Lipinski definition) is 0. The molecule has 0 saturated heterocycles. The zero-order chi connectivity index (χ0) is 26.2. The normalized spacial score (nSPS) is 11.1. The van der Waals surface area contributed by atoms with E-state index in [1.165, 1.54) is 18.3 Å². The number of carbonyl (C=O) groups is 2. The van der Waals surface area contributed by atoms with Gasteiger partial charge in [0.1, 0.15) is 22.8 Å². The zero-order valence-electron chi connectivity index (χ0n) is 19.1. The van der Waals surface area contributed by atoms with Crippen LogP contribution in [0.1, 0.15) is 21.0 Å². The number of carbonyl (C=O) groups excluding carboxylic acids is 2. The molecule has 0 atom stereocenters. The van der Waals surface area contributed by atoms with Crippen LogP contribution < -0.4 is 11.3 Å². The molecule has 12 heteroatoms. The topological polar surface area (TPSA) is 172 Å². The van der Waals surface area contributed by atoms with Crippen LogP contribution in [0.4, 0.5) is 0 Å². The van der Waals surface area contributed by atoms with Crippen molar-refractivity contribution in [1.29, 1.82) is 0 Å². The zero-order valence-corrected chi connectivity index (χ0v) is 19.1. The monoisotopic (exact) mass is 504 g/mol. The molecule has 12 nitrogen and oxygen atoms in total. The fourth-order valence-electron chi connectivity index (χ4n) is 3.61. The molecule has 4 heterocycles. The molecule has 0 radical (unpaired) electrons. The summed E-state index contributed by atoms with van der Waals surface area (Å²) in [4.78, 5) is 66.3. The molecule has 0 bridgehead atoms. The van der Waals surface area contributed by atoms with Crippen molar-refractivity contribution in [1.82, 2.24) is 30.1 Å². The number of ketones is 2. The third-order valence-corrected chi connectivity index (χ3v) is 5.50. The number of hydrogen-bond acceptors (Lipinski definition) is 12. The van der Waals surface area contributed by atoms with Crippen molar-refractivity contribution in [3.8, 4) is 23.2 Å². The quantitative estimate of drug-likeness (QED) is 0.248. The summed E-state index contributed by atoms with van der Waals surface area (Å²) >= 11 is 0. The summed E-state index contributed by atoms with van der Waals surface area (Å²) in [6.45, 7) is 0. The van der Waals surface area contributed by atoms with Crippen LogP contribution in [0.15, 0.2) is 91.5 Å². The average Bonchev–Trinajstić information content (AvgIpc) is 2.96. The van der Waals surface area contributed by atoms with Gasteiger partial charge in [0.2, 0.25) is 0 Å². The molecule has 0 aliphatic rings. The molecular weight excluding hydrogens is 492 g/mol. The molecular formula is C26H12N6O6. The second-order valence-electron chi connectivity index (χ2n) is 7.90. The number of fused-ring (bicyclic) bond motifs is 2. The second kappa shape index (κ2) is 9.02. The maximum Gasteiger partial charge on any atom is 0.347 e. The van der Waals surface area contributed by atoms with E-state index in [1.54, 1.807) is 48.5 Å². The number of benzene rings is 2. The Morgan fingerprint density at radius 1 is 0.579 bits per heavy atom. The van der Waals surface area contributed by atoms with E-state index in [2.05, 4.69) is 30.1 Å². The largest absolute Gasteiger partial charge is 0.401 e. The molecule has 0 fully saturated rings. The minimum atomic E-state index is -0.977. The highest BCUT2D eigenvalue weighted by molar-refractivity contribution is 6.48. The van der Waals surface area contributed by atoms with Gasteiger partial charge in [-0.2, -0.15) is 0 Å². The van der Waals surface area contributed by atoms with E-state index < -0.39 is 22.8 Å². The van der Waals surface area contributed by atoms with Crippen molar-refractivity contribution in [2.75, 3.05) is 0 Å². The smallest absolute Gasteiger partial charge is 0.347 e. The van der Waals surface area contributed by atoms with Crippen LogP contribution in [-0.4, -0.2) is 41.7 Å². The maximum atomic E-state index is 12.7. The van der Waals surface area contributed by atoms with Crippen LogP contribution in [0, 0.1) is 0 Å². The number of rotatable bonds is 5.